The molecule has 0 aliphatic heterocycles. The van der Waals surface area contributed by atoms with E-state index in [2.05, 4.69) is 0 Å². The van der Waals surface area contributed by atoms with E-state index in [0.717, 1.165) is 9.79 Å². The maximum Gasteiger partial charge on any atom is 0.352 e. The van der Waals surface area contributed by atoms with Crippen LogP contribution < -0.4 is 0 Å². The molecule has 0 spiro atoms. The number of nitriles is 1. The average molecular weight is 666 g/mol. The summed E-state index contributed by atoms with van der Waals surface area (Å²) >= 11 is 7.39. The molecule has 0 saturated heterocycles. The van der Waals surface area contributed by atoms with Gasteiger partial charge in [-0.3, -0.25) is 4.79 Å². The number of benzene rings is 2. The Morgan fingerprint density at radius 3 is 2.54 bits per heavy atom. The topological polar surface area (TPSA) is 134 Å². The van der Waals surface area contributed by atoms with Gasteiger partial charge in [0.2, 0.25) is 5.60 Å². The number of carbonyl (C=O) groups is 3. The number of hydrogen-bond donors (Lipinski definition) is 2. The van der Waals surface area contributed by atoms with Crippen molar-refractivity contribution >= 4 is 41.1 Å². The number of nitrogens with zero attached hydrogens (tertiary/aromatic N) is 1. The zero-order valence-electron chi connectivity index (χ0n) is 25.3. The van der Waals surface area contributed by atoms with Crippen molar-refractivity contribution in [2.24, 2.45) is 22.7 Å². The minimum atomic E-state index is -2.12. The van der Waals surface area contributed by atoms with Gasteiger partial charge in [0.15, 0.2) is 18.1 Å². The van der Waals surface area contributed by atoms with Gasteiger partial charge in [-0.25, -0.2) is 14.0 Å². The number of hydrogen-bond acceptors (Lipinski definition) is 9. The van der Waals surface area contributed by atoms with E-state index < -0.39 is 58.6 Å². The van der Waals surface area contributed by atoms with Crippen LogP contribution in [0.25, 0.3) is 0 Å². The number of ether oxygens (including phenoxy) is 2. The fourth-order valence-electron chi connectivity index (χ4n) is 8.52. The molecule has 4 aliphatic rings. The number of esters is 2. The predicted molar refractivity (Wildman–Crippen MR) is 167 cm³/mol. The van der Waals surface area contributed by atoms with Crippen LogP contribution >= 0.6 is 23.4 Å². The van der Waals surface area contributed by atoms with E-state index in [4.69, 9.17) is 26.3 Å². The lowest BCUT2D eigenvalue weighted by Gasteiger charge is -2.62. The molecule has 0 aromatic heterocycles. The number of aliphatic hydroxyl groups is 1. The van der Waals surface area contributed by atoms with Gasteiger partial charge in [0.1, 0.15) is 11.8 Å². The first-order chi connectivity index (χ1) is 21.8. The van der Waals surface area contributed by atoms with E-state index in [1.807, 2.05) is 0 Å². The number of phenols is 1. The van der Waals surface area contributed by atoms with Crippen LogP contribution in [0.1, 0.15) is 56.3 Å². The number of halogens is 2. The fourth-order valence-corrected chi connectivity index (χ4v) is 9.62. The molecule has 46 heavy (non-hydrogen) atoms. The van der Waals surface area contributed by atoms with E-state index in [1.54, 1.807) is 62.4 Å². The SMILES string of the molecule is C[C@]12C=CC(=O)C=C1CC[C@H]1[C@@H]3CC[C@@](OC(=O)c4ccc(Sc5ccc(O)c(Cl)c5)cc4)(C(=O)OCC#N)[C@@]3(C)C[C@H](O)C12F. The Kier molecular flexibility index (Phi) is 8.11. The molecule has 7 atom stereocenters. The molecule has 2 aromatic carbocycles. The number of allylic oxidation sites excluding steroid dienone is 4. The monoisotopic (exact) mass is 665 g/mol. The van der Waals surface area contributed by atoms with Crippen LogP contribution in [-0.2, 0) is 19.1 Å². The Morgan fingerprint density at radius 2 is 1.85 bits per heavy atom. The van der Waals surface area contributed by atoms with Crippen LogP contribution in [0.3, 0.4) is 0 Å². The fraction of sp³-hybridized carbons (Fsp3) is 0.429. The van der Waals surface area contributed by atoms with Crippen LogP contribution in [0.2, 0.25) is 5.02 Å². The highest BCUT2D eigenvalue weighted by atomic mass is 35.5. The summed E-state index contributed by atoms with van der Waals surface area (Å²) in [5, 5.41) is 30.7. The first kappa shape index (κ1) is 32.3. The van der Waals surface area contributed by atoms with Crippen molar-refractivity contribution in [2.75, 3.05) is 6.61 Å². The number of carbonyl (C=O) groups excluding carboxylic acids is 3. The summed E-state index contributed by atoms with van der Waals surface area (Å²) in [5.41, 5.74) is -5.61. The van der Waals surface area contributed by atoms with Gasteiger partial charge in [0.25, 0.3) is 0 Å². The molecule has 240 valence electrons. The predicted octanol–water partition coefficient (Wildman–Crippen LogP) is 6.53. The van der Waals surface area contributed by atoms with E-state index >= 15 is 4.39 Å². The van der Waals surface area contributed by atoms with Crippen molar-refractivity contribution in [2.45, 2.75) is 73.1 Å². The van der Waals surface area contributed by atoms with Crippen LogP contribution in [-0.4, -0.2) is 51.9 Å². The van der Waals surface area contributed by atoms with Crippen molar-refractivity contribution in [1.29, 1.82) is 5.26 Å². The summed E-state index contributed by atoms with van der Waals surface area (Å²) in [6, 6.07) is 13.1. The summed E-state index contributed by atoms with van der Waals surface area (Å²) in [5.74, 6) is -3.10. The summed E-state index contributed by atoms with van der Waals surface area (Å²) < 4.78 is 29.0. The number of rotatable bonds is 6. The number of aromatic hydroxyl groups is 1. The minimum absolute atomic E-state index is 0.0292. The first-order valence-electron chi connectivity index (χ1n) is 15.1. The maximum absolute atomic E-state index is 17.5. The van der Waals surface area contributed by atoms with Gasteiger partial charge in [0, 0.05) is 26.5 Å². The lowest BCUT2D eigenvalue weighted by atomic mass is 9.45. The zero-order valence-corrected chi connectivity index (χ0v) is 26.9. The molecule has 11 heteroatoms. The smallest absolute Gasteiger partial charge is 0.352 e. The van der Waals surface area contributed by atoms with Gasteiger partial charge >= 0.3 is 11.9 Å². The minimum Gasteiger partial charge on any atom is -0.506 e. The van der Waals surface area contributed by atoms with Gasteiger partial charge in [-0.1, -0.05) is 41.9 Å². The van der Waals surface area contributed by atoms with Crippen LogP contribution in [0.5, 0.6) is 5.75 Å². The molecule has 2 aromatic rings. The number of phenolic OH excluding ortho intramolecular Hbond substituents is 1. The highest BCUT2D eigenvalue weighted by Crippen LogP contribution is 2.70. The molecule has 3 saturated carbocycles. The first-order valence-corrected chi connectivity index (χ1v) is 16.3. The molecule has 6 rings (SSSR count). The van der Waals surface area contributed by atoms with Gasteiger partial charge in [0.05, 0.1) is 16.7 Å². The average Bonchev–Trinajstić information content (AvgIpc) is 3.31. The summed E-state index contributed by atoms with van der Waals surface area (Å²) in [4.78, 5) is 41.2. The molecule has 3 fully saturated rings. The molecular formula is C35H33ClFNO7S. The Morgan fingerprint density at radius 1 is 1.13 bits per heavy atom. The number of fused-ring (bicyclic) bond motifs is 5. The van der Waals surface area contributed by atoms with Crippen molar-refractivity contribution in [3.8, 4) is 11.8 Å². The molecule has 0 radical (unpaired) electrons. The summed E-state index contributed by atoms with van der Waals surface area (Å²) in [7, 11) is 0. The van der Waals surface area contributed by atoms with Crippen molar-refractivity contribution < 1.29 is 38.5 Å². The van der Waals surface area contributed by atoms with Crippen LogP contribution in [0.15, 0.2) is 76.1 Å². The Balaban J connectivity index is 1.31. The third kappa shape index (κ3) is 4.78. The molecule has 8 nitrogen and oxygen atoms in total. The molecule has 0 heterocycles. The quantitative estimate of drug-likeness (QED) is 0.330. The van der Waals surface area contributed by atoms with Gasteiger partial charge < -0.3 is 19.7 Å². The second-order valence-corrected chi connectivity index (χ2v) is 14.5. The van der Waals surface area contributed by atoms with Gasteiger partial charge in [-0.2, -0.15) is 5.26 Å². The lowest BCUT2D eigenvalue weighted by Crippen LogP contribution is -2.69. The molecule has 1 unspecified atom stereocenters. The second kappa shape index (κ2) is 11.5. The number of aliphatic hydroxyl groups excluding tert-OH is 1. The second-order valence-electron chi connectivity index (χ2n) is 13.0. The van der Waals surface area contributed by atoms with E-state index in [9.17, 15) is 24.6 Å². The number of alkyl halides is 1. The third-order valence-corrected chi connectivity index (χ3v) is 12.2. The Hall–Kier alpha value is -3.65. The van der Waals surface area contributed by atoms with Gasteiger partial charge in [-0.15, -0.1) is 0 Å². The lowest BCUT2D eigenvalue weighted by molar-refractivity contribution is -0.224. The summed E-state index contributed by atoms with van der Waals surface area (Å²) in [6.45, 7) is 2.89. The van der Waals surface area contributed by atoms with Crippen molar-refractivity contribution in [3.63, 3.8) is 0 Å². The normalized spacial score (nSPS) is 34.4. The highest BCUT2D eigenvalue weighted by molar-refractivity contribution is 7.99. The maximum atomic E-state index is 17.5. The van der Waals surface area contributed by atoms with Crippen LogP contribution in [0.4, 0.5) is 4.39 Å². The standard InChI is InChI=1S/C35H33ClFNO7S/c1-32-13-11-22(39)17-21(32)5-9-26-25-12-14-34(31(43)44-16-15-38,33(25,2)19-29(41)35(26,32)37)45-30(42)20-3-6-23(7-4-20)46-24-8-10-28(40)27(36)18-24/h3-4,6-8,10-11,13,17-18,25-26,29,40-41H,5,9,12,14,16,19H2,1-2H3/t25-,26-,29-,32-,33-,34+,35?/m0/s1. The molecule has 4 aliphatic carbocycles. The van der Waals surface area contributed by atoms with Crippen LogP contribution in [0, 0.1) is 34.0 Å². The van der Waals surface area contributed by atoms with E-state index in [-0.39, 0.29) is 35.0 Å². The largest absolute Gasteiger partial charge is 0.506 e. The molecule has 0 amide bonds. The molecular weight excluding hydrogens is 633 g/mol. The highest BCUT2D eigenvalue weighted by Gasteiger charge is 2.76. The summed E-state index contributed by atoms with van der Waals surface area (Å²) in [6.07, 6.45) is 3.78. The Bertz CT molecular complexity index is 1720. The molecule has 0 bridgehead atoms. The van der Waals surface area contributed by atoms with E-state index in [0.29, 0.717) is 24.8 Å². The zero-order chi connectivity index (χ0) is 33.1. The van der Waals surface area contributed by atoms with Crippen molar-refractivity contribution in [1.82, 2.24) is 0 Å². The van der Waals surface area contributed by atoms with Gasteiger partial charge in [-0.05, 0) is 99.6 Å². The Labute approximate surface area is 275 Å². The van der Waals surface area contributed by atoms with E-state index in [1.165, 1.54) is 30.0 Å². The third-order valence-electron chi connectivity index (χ3n) is 10.9. The van der Waals surface area contributed by atoms with Crippen molar-refractivity contribution in [3.05, 3.63) is 76.9 Å². The molecule has 2 N–H and O–H groups in total. The number of ketones is 1.